The molecule has 0 aliphatic rings. The lowest BCUT2D eigenvalue weighted by atomic mass is 10.2. The molecule has 1 heterocycles. The van der Waals surface area contributed by atoms with Crippen LogP contribution in [0.1, 0.15) is 33.1 Å². The van der Waals surface area contributed by atoms with Crippen LogP contribution in [0.5, 0.6) is 0 Å². The molecule has 2 aromatic rings. The number of anilines is 1. The van der Waals surface area contributed by atoms with Gasteiger partial charge in [-0.15, -0.1) is 5.10 Å². The summed E-state index contributed by atoms with van der Waals surface area (Å²) in [6.45, 7) is 3.59. The highest BCUT2D eigenvalue weighted by molar-refractivity contribution is 7.91. The highest BCUT2D eigenvalue weighted by Crippen LogP contribution is 2.22. The SMILES string of the molecule is CCCCC(=O)Nc1nnc(-c2ccc(S(=O)(=O)CC)cc2)o1. The topological polar surface area (TPSA) is 102 Å². The molecule has 1 aromatic carbocycles. The fourth-order valence-electron chi connectivity index (χ4n) is 1.88. The summed E-state index contributed by atoms with van der Waals surface area (Å²) in [5.41, 5.74) is 0.585. The molecule has 0 saturated carbocycles. The first-order valence-corrected chi connectivity index (χ1v) is 9.08. The maximum atomic E-state index is 11.8. The first kappa shape index (κ1) is 17.1. The predicted molar refractivity (Wildman–Crippen MR) is 85.6 cm³/mol. The van der Waals surface area contributed by atoms with E-state index in [0.29, 0.717) is 12.0 Å². The van der Waals surface area contributed by atoms with Gasteiger partial charge in [-0.1, -0.05) is 25.4 Å². The molecular weight excluding hydrogens is 318 g/mol. The van der Waals surface area contributed by atoms with E-state index in [1.54, 1.807) is 19.1 Å². The molecule has 0 radical (unpaired) electrons. The van der Waals surface area contributed by atoms with Gasteiger partial charge in [-0.05, 0) is 30.7 Å². The van der Waals surface area contributed by atoms with Gasteiger partial charge < -0.3 is 4.42 Å². The third-order valence-electron chi connectivity index (χ3n) is 3.27. The van der Waals surface area contributed by atoms with Crippen molar-refractivity contribution in [1.82, 2.24) is 10.2 Å². The number of sulfone groups is 1. The minimum absolute atomic E-state index is 0.0337. The molecule has 0 bridgehead atoms. The summed E-state index contributed by atoms with van der Waals surface area (Å²) in [6.07, 6.45) is 2.12. The van der Waals surface area contributed by atoms with E-state index in [4.69, 9.17) is 4.42 Å². The minimum Gasteiger partial charge on any atom is -0.403 e. The molecule has 2 rings (SSSR count). The number of rotatable bonds is 7. The molecule has 0 fully saturated rings. The average Bonchev–Trinajstić information content (AvgIpc) is 3.01. The van der Waals surface area contributed by atoms with Crippen LogP contribution in [0.2, 0.25) is 0 Å². The number of hydrogen-bond donors (Lipinski definition) is 1. The summed E-state index contributed by atoms with van der Waals surface area (Å²) in [6, 6.07) is 6.22. The Bertz CT molecular complexity index is 766. The summed E-state index contributed by atoms with van der Waals surface area (Å²) in [4.78, 5) is 11.8. The van der Waals surface area contributed by atoms with Crippen molar-refractivity contribution >= 4 is 21.8 Å². The normalized spacial score (nSPS) is 11.4. The smallest absolute Gasteiger partial charge is 0.322 e. The molecule has 0 spiro atoms. The number of carbonyl (C=O) groups is 1. The summed E-state index contributed by atoms with van der Waals surface area (Å²) in [5, 5.41) is 10.1. The van der Waals surface area contributed by atoms with Gasteiger partial charge in [0.1, 0.15) is 0 Å². The van der Waals surface area contributed by atoms with Gasteiger partial charge in [-0.2, -0.15) is 0 Å². The molecule has 0 atom stereocenters. The largest absolute Gasteiger partial charge is 0.403 e. The highest BCUT2D eigenvalue weighted by atomic mass is 32.2. The Kier molecular flexibility index (Phi) is 5.49. The van der Waals surface area contributed by atoms with Crippen molar-refractivity contribution < 1.29 is 17.6 Å². The molecule has 1 amide bonds. The Morgan fingerprint density at radius 3 is 2.48 bits per heavy atom. The van der Waals surface area contributed by atoms with Gasteiger partial charge in [0.2, 0.25) is 11.8 Å². The molecular formula is C15H19N3O4S. The zero-order valence-electron chi connectivity index (χ0n) is 13.1. The number of hydrogen-bond acceptors (Lipinski definition) is 6. The Hall–Kier alpha value is -2.22. The number of nitrogens with zero attached hydrogens (tertiary/aromatic N) is 2. The predicted octanol–water partition coefficient (Wildman–Crippen LogP) is 2.66. The molecule has 1 aromatic heterocycles. The molecule has 23 heavy (non-hydrogen) atoms. The zero-order valence-corrected chi connectivity index (χ0v) is 13.9. The second-order valence-corrected chi connectivity index (χ2v) is 7.27. The van der Waals surface area contributed by atoms with Gasteiger partial charge in [0, 0.05) is 12.0 Å². The van der Waals surface area contributed by atoms with Crippen LogP contribution in [0.15, 0.2) is 33.6 Å². The standard InChI is InChI=1S/C15H19N3O4S/c1-3-5-6-13(19)16-15-18-17-14(22-15)11-7-9-12(10-8-11)23(20,21)4-2/h7-10H,3-6H2,1-2H3,(H,16,18,19). The Labute approximate surface area is 135 Å². The maximum Gasteiger partial charge on any atom is 0.322 e. The molecule has 7 nitrogen and oxygen atoms in total. The zero-order chi connectivity index (χ0) is 16.9. The first-order valence-electron chi connectivity index (χ1n) is 7.42. The van der Waals surface area contributed by atoms with Gasteiger partial charge in [0.05, 0.1) is 10.6 Å². The molecule has 0 aliphatic carbocycles. The van der Waals surface area contributed by atoms with E-state index in [9.17, 15) is 13.2 Å². The Morgan fingerprint density at radius 2 is 1.87 bits per heavy atom. The van der Waals surface area contributed by atoms with Crippen LogP contribution in [-0.2, 0) is 14.6 Å². The van der Waals surface area contributed by atoms with Crippen LogP contribution >= 0.6 is 0 Å². The molecule has 0 saturated heterocycles. The maximum absolute atomic E-state index is 11.8. The van der Waals surface area contributed by atoms with Crippen molar-refractivity contribution in [1.29, 1.82) is 0 Å². The van der Waals surface area contributed by atoms with Gasteiger partial charge >= 0.3 is 6.01 Å². The first-order chi connectivity index (χ1) is 11.0. The summed E-state index contributed by atoms with van der Waals surface area (Å²) < 4.78 is 28.9. The third-order valence-corrected chi connectivity index (χ3v) is 5.02. The molecule has 8 heteroatoms. The van der Waals surface area contributed by atoms with Crippen molar-refractivity contribution in [3.05, 3.63) is 24.3 Å². The Morgan fingerprint density at radius 1 is 1.17 bits per heavy atom. The second kappa shape index (κ2) is 7.36. The second-order valence-electron chi connectivity index (χ2n) is 4.99. The van der Waals surface area contributed by atoms with Gasteiger partial charge in [0.25, 0.3) is 0 Å². The summed E-state index contributed by atoms with van der Waals surface area (Å²) in [7, 11) is -3.24. The summed E-state index contributed by atoms with van der Waals surface area (Å²) in [5.74, 6) is 0.0866. The third kappa shape index (κ3) is 4.38. The highest BCUT2D eigenvalue weighted by Gasteiger charge is 2.14. The summed E-state index contributed by atoms with van der Waals surface area (Å²) >= 11 is 0. The van der Waals surface area contributed by atoms with E-state index in [-0.39, 0.29) is 28.5 Å². The van der Waals surface area contributed by atoms with Crippen molar-refractivity contribution in [2.75, 3.05) is 11.1 Å². The lowest BCUT2D eigenvalue weighted by molar-refractivity contribution is -0.116. The van der Waals surface area contributed by atoms with Crippen LogP contribution in [0.3, 0.4) is 0 Å². The number of amides is 1. The van der Waals surface area contributed by atoms with E-state index in [0.717, 1.165) is 12.8 Å². The number of unbranched alkanes of at least 4 members (excludes halogenated alkanes) is 1. The lowest BCUT2D eigenvalue weighted by Gasteiger charge is -2.01. The number of carbonyl (C=O) groups excluding carboxylic acids is 1. The van der Waals surface area contributed by atoms with Crippen molar-refractivity contribution in [3.8, 4) is 11.5 Å². The van der Waals surface area contributed by atoms with Crippen LogP contribution in [0, 0.1) is 0 Å². The van der Waals surface area contributed by atoms with E-state index in [2.05, 4.69) is 15.5 Å². The van der Waals surface area contributed by atoms with Crippen LogP contribution < -0.4 is 5.32 Å². The van der Waals surface area contributed by atoms with Crippen molar-refractivity contribution in [3.63, 3.8) is 0 Å². The molecule has 0 unspecified atom stereocenters. The number of benzene rings is 1. The number of nitrogens with one attached hydrogen (secondary N) is 1. The van der Waals surface area contributed by atoms with Crippen molar-refractivity contribution in [2.45, 2.75) is 38.0 Å². The lowest BCUT2D eigenvalue weighted by Crippen LogP contribution is -2.11. The molecule has 124 valence electrons. The quantitative estimate of drug-likeness (QED) is 0.833. The van der Waals surface area contributed by atoms with Crippen molar-refractivity contribution in [2.24, 2.45) is 0 Å². The number of aromatic nitrogens is 2. The molecule has 1 N–H and O–H groups in total. The van der Waals surface area contributed by atoms with Crippen LogP contribution in [0.25, 0.3) is 11.5 Å². The van der Waals surface area contributed by atoms with E-state index >= 15 is 0 Å². The Balaban J connectivity index is 2.10. The fourth-order valence-corrected chi connectivity index (χ4v) is 2.77. The minimum atomic E-state index is -3.24. The average molecular weight is 337 g/mol. The van der Waals surface area contributed by atoms with E-state index in [1.807, 2.05) is 6.92 Å². The van der Waals surface area contributed by atoms with E-state index in [1.165, 1.54) is 12.1 Å². The molecule has 0 aliphatic heterocycles. The fraction of sp³-hybridized carbons (Fsp3) is 0.400. The van der Waals surface area contributed by atoms with Gasteiger partial charge in [-0.3, -0.25) is 10.1 Å². The van der Waals surface area contributed by atoms with Crippen LogP contribution in [-0.4, -0.2) is 30.3 Å². The van der Waals surface area contributed by atoms with E-state index < -0.39 is 9.84 Å². The van der Waals surface area contributed by atoms with Gasteiger partial charge in [0.15, 0.2) is 9.84 Å². The van der Waals surface area contributed by atoms with Crippen LogP contribution in [0.4, 0.5) is 6.01 Å². The monoisotopic (exact) mass is 337 g/mol. The van der Waals surface area contributed by atoms with Gasteiger partial charge in [-0.25, -0.2) is 8.42 Å².